The maximum atomic E-state index is 5.09. The van der Waals surface area contributed by atoms with Crippen LogP contribution < -0.4 is 4.74 Å². The summed E-state index contributed by atoms with van der Waals surface area (Å²) in [6.07, 6.45) is 7.32. The first-order valence-corrected chi connectivity index (χ1v) is 8.50. The topological polar surface area (TPSA) is 56.1 Å². The van der Waals surface area contributed by atoms with Crippen LogP contribution in [0, 0.1) is 0 Å². The zero-order valence-electron chi connectivity index (χ0n) is 13.0. The Morgan fingerprint density at radius 2 is 2.32 bits per heavy atom. The number of likely N-dealkylation sites (tertiary alicyclic amines) is 1. The lowest BCUT2D eigenvalue weighted by molar-refractivity contribution is 0.305. The van der Waals surface area contributed by atoms with Crippen molar-refractivity contribution in [3.05, 3.63) is 24.7 Å². The van der Waals surface area contributed by atoms with Gasteiger partial charge in [0.15, 0.2) is 5.16 Å². The van der Waals surface area contributed by atoms with Crippen molar-refractivity contribution in [2.75, 3.05) is 26.5 Å². The fourth-order valence-corrected chi connectivity index (χ4v) is 3.73. The molecule has 0 aromatic carbocycles. The number of aromatic nitrogens is 4. The third-order valence-corrected chi connectivity index (χ3v) is 5.05. The van der Waals surface area contributed by atoms with E-state index in [1.807, 2.05) is 16.7 Å². The van der Waals surface area contributed by atoms with Crippen LogP contribution in [-0.4, -0.2) is 57.1 Å². The molecule has 1 aliphatic heterocycles. The summed E-state index contributed by atoms with van der Waals surface area (Å²) in [6.45, 7) is 1.23. The molecule has 7 heteroatoms. The van der Waals surface area contributed by atoms with Crippen LogP contribution in [0.5, 0.6) is 5.88 Å². The van der Waals surface area contributed by atoms with Gasteiger partial charge in [0.2, 0.25) is 5.88 Å². The lowest BCUT2D eigenvalue weighted by Gasteiger charge is -2.18. The van der Waals surface area contributed by atoms with E-state index in [2.05, 4.69) is 27.1 Å². The molecule has 0 saturated carbocycles. The van der Waals surface area contributed by atoms with Crippen molar-refractivity contribution in [3.63, 3.8) is 0 Å². The number of pyridine rings is 1. The number of hydrogen-bond donors (Lipinski definition) is 0. The van der Waals surface area contributed by atoms with Gasteiger partial charge in [0.05, 0.1) is 19.0 Å². The van der Waals surface area contributed by atoms with Crippen molar-refractivity contribution in [2.45, 2.75) is 30.5 Å². The Balaban J connectivity index is 1.61. The highest BCUT2D eigenvalue weighted by atomic mass is 32.2. The molecule has 0 bridgehead atoms. The van der Waals surface area contributed by atoms with Gasteiger partial charge in [-0.3, -0.25) is 4.57 Å². The fourth-order valence-electron chi connectivity index (χ4n) is 2.77. The van der Waals surface area contributed by atoms with E-state index in [1.165, 1.54) is 25.8 Å². The number of thioether (sulfide) groups is 1. The SMILES string of the molecule is COc1ccc(-n2cnnc2SCCC2CCCN2C)cn1. The van der Waals surface area contributed by atoms with Gasteiger partial charge in [-0.15, -0.1) is 10.2 Å². The predicted molar refractivity (Wildman–Crippen MR) is 86.7 cm³/mol. The third-order valence-electron chi connectivity index (χ3n) is 4.08. The Morgan fingerprint density at radius 3 is 3.00 bits per heavy atom. The van der Waals surface area contributed by atoms with Gasteiger partial charge in [-0.2, -0.15) is 0 Å². The molecule has 1 saturated heterocycles. The summed E-state index contributed by atoms with van der Waals surface area (Å²) in [5, 5.41) is 9.16. The van der Waals surface area contributed by atoms with Crippen molar-refractivity contribution in [1.29, 1.82) is 0 Å². The summed E-state index contributed by atoms with van der Waals surface area (Å²) in [4.78, 5) is 6.69. The quantitative estimate of drug-likeness (QED) is 0.761. The molecule has 3 heterocycles. The van der Waals surface area contributed by atoms with Crippen molar-refractivity contribution in [1.82, 2.24) is 24.6 Å². The van der Waals surface area contributed by atoms with Crippen LogP contribution in [0.25, 0.3) is 5.69 Å². The van der Waals surface area contributed by atoms with E-state index in [9.17, 15) is 0 Å². The largest absolute Gasteiger partial charge is 0.481 e. The smallest absolute Gasteiger partial charge is 0.213 e. The van der Waals surface area contributed by atoms with E-state index in [4.69, 9.17) is 4.74 Å². The van der Waals surface area contributed by atoms with Crippen LogP contribution in [0.1, 0.15) is 19.3 Å². The van der Waals surface area contributed by atoms with Crippen molar-refractivity contribution < 1.29 is 4.74 Å². The zero-order chi connectivity index (χ0) is 15.4. The molecular weight excluding hydrogens is 298 g/mol. The molecule has 2 aromatic rings. The van der Waals surface area contributed by atoms with E-state index in [-0.39, 0.29) is 0 Å². The van der Waals surface area contributed by atoms with Crippen LogP contribution in [-0.2, 0) is 0 Å². The Labute approximate surface area is 134 Å². The first kappa shape index (κ1) is 15.3. The second-order valence-electron chi connectivity index (χ2n) is 5.46. The van der Waals surface area contributed by atoms with Gasteiger partial charge in [-0.05, 0) is 38.9 Å². The second kappa shape index (κ2) is 7.11. The predicted octanol–water partition coefficient (Wildman–Crippen LogP) is 2.25. The molecule has 1 fully saturated rings. The minimum Gasteiger partial charge on any atom is -0.481 e. The molecule has 2 aromatic heterocycles. The summed E-state index contributed by atoms with van der Waals surface area (Å²) >= 11 is 1.75. The van der Waals surface area contributed by atoms with Gasteiger partial charge in [-0.1, -0.05) is 11.8 Å². The monoisotopic (exact) mass is 319 g/mol. The van der Waals surface area contributed by atoms with E-state index in [0.29, 0.717) is 11.9 Å². The molecule has 1 atom stereocenters. The standard InChI is InChI=1S/C15H21N5OS/c1-19-8-3-4-12(19)7-9-22-15-18-17-11-20(15)13-5-6-14(21-2)16-10-13/h5-6,10-12H,3-4,7-9H2,1-2H3. The maximum Gasteiger partial charge on any atom is 0.213 e. The summed E-state index contributed by atoms with van der Waals surface area (Å²) in [5.74, 6) is 1.66. The first-order valence-electron chi connectivity index (χ1n) is 7.51. The Kier molecular flexibility index (Phi) is 4.94. The Hall–Kier alpha value is -1.60. The second-order valence-corrected chi connectivity index (χ2v) is 6.52. The summed E-state index contributed by atoms with van der Waals surface area (Å²) in [6, 6.07) is 4.52. The molecule has 3 rings (SSSR count). The van der Waals surface area contributed by atoms with Gasteiger partial charge in [0, 0.05) is 17.9 Å². The highest BCUT2D eigenvalue weighted by molar-refractivity contribution is 7.99. The van der Waals surface area contributed by atoms with Gasteiger partial charge >= 0.3 is 0 Å². The van der Waals surface area contributed by atoms with E-state index < -0.39 is 0 Å². The lowest BCUT2D eigenvalue weighted by atomic mass is 10.2. The van der Waals surface area contributed by atoms with Crippen LogP contribution >= 0.6 is 11.8 Å². The van der Waals surface area contributed by atoms with Crippen LogP contribution in [0.15, 0.2) is 29.8 Å². The minimum absolute atomic E-state index is 0.607. The minimum atomic E-state index is 0.607. The highest BCUT2D eigenvalue weighted by Gasteiger charge is 2.20. The van der Waals surface area contributed by atoms with E-state index in [1.54, 1.807) is 31.4 Å². The van der Waals surface area contributed by atoms with Crippen molar-refractivity contribution in [3.8, 4) is 11.6 Å². The molecule has 0 aliphatic carbocycles. The number of rotatable bonds is 6. The molecular formula is C15H21N5OS. The molecule has 22 heavy (non-hydrogen) atoms. The molecule has 1 unspecified atom stereocenters. The molecule has 118 valence electrons. The molecule has 0 spiro atoms. The molecule has 0 radical (unpaired) electrons. The van der Waals surface area contributed by atoms with Crippen LogP contribution in [0.2, 0.25) is 0 Å². The van der Waals surface area contributed by atoms with Crippen molar-refractivity contribution in [2.24, 2.45) is 0 Å². The lowest BCUT2D eigenvalue weighted by Crippen LogP contribution is -2.25. The van der Waals surface area contributed by atoms with Crippen LogP contribution in [0.4, 0.5) is 0 Å². The van der Waals surface area contributed by atoms with Gasteiger partial charge in [-0.25, -0.2) is 4.98 Å². The fraction of sp³-hybridized carbons (Fsp3) is 0.533. The van der Waals surface area contributed by atoms with Crippen LogP contribution in [0.3, 0.4) is 0 Å². The third kappa shape index (κ3) is 3.41. The maximum absolute atomic E-state index is 5.09. The average Bonchev–Trinajstić information content (AvgIpc) is 3.17. The Bertz CT molecular complexity index is 600. The summed E-state index contributed by atoms with van der Waals surface area (Å²) < 4.78 is 7.05. The molecule has 1 aliphatic rings. The normalized spacial score (nSPS) is 18.7. The van der Waals surface area contributed by atoms with Gasteiger partial charge in [0.25, 0.3) is 0 Å². The number of hydrogen-bond acceptors (Lipinski definition) is 6. The summed E-state index contributed by atoms with van der Waals surface area (Å²) in [7, 11) is 3.83. The van der Waals surface area contributed by atoms with Gasteiger partial charge < -0.3 is 9.64 Å². The number of nitrogens with zero attached hydrogens (tertiary/aromatic N) is 5. The van der Waals surface area contributed by atoms with E-state index >= 15 is 0 Å². The van der Waals surface area contributed by atoms with E-state index in [0.717, 1.165) is 16.6 Å². The zero-order valence-corrected chi connectivity index (χ0v) is 13.8. The van der Waals surface area contributed by atoms with Gasteiger partial charge in [0.1, 0.15) is 6.33 Å². The average molecular weight is 319 g/mol. The molecule has 0 amide bonds. The number of methoxy groups -OCH3 is 1. The first-order chi connectivity index (χ1) is 10.8. The highest BCUT2D eigenvalue weighted by Crippen LogP contribution is 2.24. The number of ether oxygens (including phenoxy) is 1. The van der Waals surface area contributed by atoms with Crippen molar-refractivity contribution >= 4 is 11.8 Å². The Morgan fingerprint density at radius 1 is 1.41 bits per heavy atom. The molecule has 6 nitrogen and oxygen atoms in total. The summed E-state index contributed by atoms with van der Waals surface area (Å²) in [5.41, 5.74) is 0.950. The molecule has 0 N–H and O–H groups in total.